The van der Waals surface area contributed by atoms with Gasteiger partial charge in [-0.05, 0) is 36.5 Å². The Balaban J connectivity index is 2.51. The molecule has 0 saturated heterocycles. The fourth-order valence-corrected chi connectivity index (χ4v) is 7.38. The average molecular weight is 758 g/mol. The van der Waals surface area contributed by atoms with E-state index in [9.17, 15) is 24.0 Å². The van der Waals surface area contributed by atoms with E-state index < -0.39 is 82.5 Å². The molecule has 3 rings (SSSR count). The summed E-state index contributed by atoms with van der Waals surface area (Å²) in [6.45, 7) is 18.1. The first-order chi connectivity index (χ1) is 25.3. The largest absolute Gasteiger partial charge is 0.461 e. The second kappa shape index (κ2) is 19.1. The minimum Gasteiger partial charge on any atom is -0.461 e. The second-order valence-corrected chi connectivity index (χ2v) is 15.6. The first kappa shape index (κ1) is 44.5. The minimum absolute atomic E-state index is 0.00365. The predicted octanol–water partition coefficient (Wildman–Crippen LogP) is 5.67. The molecule has 0 bridgehead atoms. The number of carbonyl (C=O) groups is 5. The third kappa shape index (κ3) is 11.3. The highest BCUT2D eigenvalue weighted by molar-refractivity contribution is 5.94. The number of hydrogen-bond donors (Lipinski definition) is 0. The lowest BCUT2D eigenvalue weighted by Gasteiger charge is -2.42. The van der Waals surface area contributed by atoms with Gasteiger partial charge in [0.25, 0.3) is 0 Å². The molecule has 0 aliphatic heterocycles. The Morgan fingerprint density at radius 1 is 0.907 bits per heavy atom. The number of hydrogen-bond acceptors (Lipinski definition) is 13. The molecule has 0 unspecified atom stereocenters. The van der Waals surface area contributed by atoms with Gasteiger partial charge in [0, 0.05) is 71.1 Å². The van der Waals surface area contributed by atoms with Crippen molar-refractivity contribution in [2.75, 3.05) is 19.8 Å². The molecule has 13 nitrogen and oxygen atoms in total. The van der Waals surface area contributed by atoms with Crippen LogP contribution in [-0.4, -0.2) is 90.1 Å². The summed E-state index contributed by atoms with van der Waals surface area (Å²) in [7, 11) is 0. The summed E-state index contributed by atoms with van der Waals surface area (Å²) < 4.78 is 43.7. The van der Waals surface area contributed by atoms with E-state index in [0.717, 1.165) is 5.56 Å². The van der Waals surface area contributed by atoms with Crippen molar-refractivity contribution in [3.63, 3.8) is 0 Å². The molecule has 0 radical (unpaired) electrons. The number of Topliss-reactive ketones (excluding diaryl/α,β-unsaturated/α-hetero) is 1. The number of ketones is 1. The first-order valence-corrected chi connectivity index (χ1v) is 18.6. The Bertz CT molecular complexity index is 1540. The number of fused-ring (bicyclic) bond motifs is 1. The maximum Gasteiger partial charge on any atom is 0.303 e. The van der Waals surface area contributed by atoms with E-state index in [-0.39, 0.29) is 38.8 Å². The third-order valence-electron chi connectivity index (χ3n) is 9.52. The van der Waals surface area contributed by atoms with Crippen LogP contribution in [0.15, 0.2) is 48.3 Å². The number of nitrogens with zero attached hydrogens (tertiary/aromatic N) is 1. The van der Waals surface area contributed by atoms with Gasteiger partial charge in [-0.3, -0.25) is 29.0 Å². The van der Waals surface area contributed by atoms with Crippen molar-refractivity contribution in [3.05, 3.63) is 53.9 Å². The summed E-state index contributed by atoms with van der Waals surface area (Å²) >= 11 is 0. The van der Waals surface area contributed by atoms with Gasteiger partial charge in [-0.1, -0.05) is 65.8 Å². The van der Waals surface area contributed by atoms with Crippen molar-refractivity contribution in [2.24, 2.45) is 23.2 Å². The van der Waals surface area contributed by atoms with Crippen LogP contribution in [0.4, 0.5) is 0 Å². The third-order valence-corrected chi connectivity index (χ3v) is 9.52. The van der Waals surface area contributed by atoms with Gasteiger partial charge in [0.15, 0.2) is 17.5 Å². The summed E-state index contributed by atoms with van der Waals surface area (Å²) in [5.41, 5.74) is -3.25. The van der Waals surface area contributed by atoms with E-state index in [1.54, 1.807) is 44.5 Å². The highest BCUT2D eigenvalue weighted by atomic mass is 16.6. The molecule has 8 atom stereocenters. The van der Waals surface area contributed by atoms with E-state index in [1.807, 2.05) is 46.8 Å². The number of ether oxygens (including phenoxy) is 7. The van der Waals surface area contributed by atoms with Crippen LogP contribution < -0.4 is 0 Å². The Hall–Kier alpha value is -3.94. The smallest absolute Gasteiger partial charge is 0.303 e. The van der Waals surface area contributed by atoms with Gasteiger partial charge < -0.3 is 33.2 Å². The quantitative estimate of drug-likeness (QED) is 0.130. The van der Waals surface area contributed by atoms with Crippen molar-refractivity contribution in [1.29, 1.82) is 0 Å². The Labute approximate surface area is 319 Å². The fraction of sp³-hybridized carbons (Fsp3) is 0.659. The van der Waals surface area contributed by atoms with Crippen molar-refractivity contribution in [3.8, 4) is 0 Å². The van der Waals surface area contributed by atoms with Gasteiger partial charge in [-0.25, -0.2) is 0 Å². The zero-order valence-corrected chi connectivity index (χ0v) is 33.7. The number of aromatic nitrogens is 1. The zero-order valence-electron chi connectivity index (χ0n) is 33.7. The van der Waals surface area contributed by atoms with Crippen LogP contribution in [0.3, 0.4) is 0 Å². The molecule has 1 aromatic heterocycles. The summed E-state index contributed by atoms with van der Waals surface area (Å²) in [4.78, 5) is 70.4. The van der Waals surface area contributed by atoms with Crippen molar-refractivity contribution < 1.29 is 57.1 Å². The van der Waals surface area contributed by atoms with Crippen molar-refractivity contribution in [2.45, 2.75) is 131 Å². The molecule has 0 N–H and O–H groups in total. The summed E-state index contributed by atoms with van der Waals surface area (Å²) in [5.74, 6) is -4.97. The van der Waals surface area contributed by atoms with Gasteiger partial charge in [-0.2, -0.15) is 0 Å². The molecule has 0 aromatic carbocycles. The lowest BCUT2D eigenvalue weighted by molar-refractivity contribution is -0.181. The Morgan fingerprint density at radius 3 is 2.15 bits per heavy atom. The maximum absolute atomic E-state index is 15.0. The first-order valence-electron chi connectivity index (χ1n) is 18.6. The highest BCUT2D eigenvalue weighted by Crippen LogP contribution is 2.52. The Morgan fingerprint density at radius 2 is 1.59 bits per heavy atom. The second-order valence-electron chi connectivity index (χ2n) is 15.6. The number of carbonyl (C=O) groups excluding carboxylic acids is 5. The molecule has 2 aliphatic carbocycles. The number of allylic oxidation sites excluding steroid dienone is 1. The van der Waals surface area contributed by atoms with E-state index in [1.165, 1.54) is 27.7 Å². The van der Waals surface area contributed by atoms with Crippen LogP contribution in [0.2, 0.25) is 0 Å². The molecule has 2 aliphatic rings. The van der Waals surface area contributed by atoms with Crippen LogP contribution >= 0.6 is 0 Å². The van der Waals surface area contributed by atoms with Crippen LogP contribution in [0.1, 0.15) is 94.6 Å². The number of pyridine rings is 1. The van der Waals surface area contributed by atoms with E-state index in [4.69, 9.17) is 33.2 Å². The number of esters is 4. The summed E-state index contributed by atoms with van der Waals surface area (Å²) in [6.07, 6.45) is 4.66. The van der Waals surface area contributed by atoms with E-state index in [2.05, 4.69) is 4.98 Å². The molecular formula is C41H59NO12. The van der Waals surface area contributed by atoms with Crippen LogP contribution in [0, 0.1) is 23.2 Å². The molecule has 1 heterocycles. The molecule has 1 saturated carbocycles. The van der Waals surface area contributed by atoms with Crippen LogP contribution in [-0.2, 0) is 63.7 Å². The highest BCUT2D eigenvalue weighted by Gasteiger charge is 2.67. The molecule has 54 heavy (non-hydrogen) atoms. The van der Waals surface area contributed by atoms with Gasteiger partial charge in [0.2, 0.25) is 0 Å². The van der Waals surface area contributed by atoms with Crippen molar-refractivity contribution in [1.82, 2.24) is 4.98 Å². The molecule has 13 heteroatoms. The van der Waals surface area contributed by atoms with E-state index in [0.29, 0.717) is 12.0 Å². The lowest BCUT2D eigenvalue weighted by Crippen LogP contribution is -2.53. The number of rotatable bonds is 14. The topological polar surface area (TPSA) is 163 Å². The zero-order chi connectivity index (χ0) is 40.4. The molecular weight excluding hydrogens is 698 g/mol. The molecule has 1 fully saturated rings. The molecule has 0 amide bonds. The van der Waals surface area contributed by atoms with Gasteiger partial charge in [0.1, 0.15) is 30.5 Å². The maximum atomic E-state index is 15.0. The lowest BCUT2D eigenvalue weighted by atomic mass is 9.75. The SMILES string of the molecule is CCCO[C@@H]1[C@@H]2/C=C(/COC(C)=O)[C@H](OCC(C)C)[C@@H](OC(C)=O)[C@@H](OCc3cccnc3)C(C)(C)/C=C/[C@@H](C)C(=O)[C@@]2(OC(C)=O)C[C@@]1(C)OC(C)=O. The van der Waals surface area contributed by atoms with Gasteiger partial charge >= 0.3 is 23.9 Å². The predicted molar refractivity (Wildman–Crippen MR) is 198 cm³/mol. The molecule has 300 valence electrons. The van der Waals surface area contributed by atoms with Gasteiger partial charge in [0.05, 0.1) is 12.5 Å². The standard InChI is InChI=1S/C41H59NO12/c1-12-18-48-37-33-19-32(23-49-27(5)43)34(50-21-25(2)3)35(52-28(6)44)38(51-22-31-14-13-17-42-20-31)39(9,10)16-15-26(4)36(47)41(33,54-30(8)46)24-40(37,11)53-29(7)45/h13-17,19-20,25-26,33-35,37-38H,12,18,21-24H2,1-11H3/b16-15+,32-19-/t26-,33+,34+,35-,37-,38-,40-,41-/m1/s1. The summed E-state index contributed by atoms with van der Waals surface area (Å²) in [5, 5.41) is 0. The minimum atomic E-state index is -1.92. The van der Waals surface area contributed by atoms with E-state index >= 15 is 0 Å². The van der Waals surface area contributed by atoms with Crippen molar-refractivity contribution >= 4 is 29.7 Å². The molecule has 0 spiro atoms. The molecule has 1 aromatic rings. The average Bonchev–Trinajstić information content (AvgIpc) is 3.29. The monoisotopic (exact) mass is 757 g/mol. The Kier molecular flexibility index (Phi) is 15.7. The van der Waals surface area contributed by atoms with Crippen LogP contribution in [0.25, 0.3) is 0 Å². The van der Waals surface area contributed by atoms with Crippen LogP contribution in [0.5, 0.6) is 0 Å². The summed E-state index contributed by atoms with van der Waals surface area (Å²) in [6, 6.07) is 3.64. The fourth-order valence-electron chi connectivity index (χ4n) is 7.38. The normalized spacial score (nSPS) is 31.2. The van der Waals surface area contributed by atoms with Gasteiger partial charge in [-0.15, -0.1) is 0 Å².